The number of hydrogen-bond donors (Lipinski definition) is 3. The average molecular weight is 438 g/mol. The van der Waals surface area contributed by atoms with E-state index in [1.54, 1.807) is 36.7 Å². The minimum absolute atomic E-state index is 0. The van der Waals surface area contributed by atoms with Crippen LogP contribution in [0.4, 0.5) is 8.78 Å². The number of amides is 1. The molecule has 0 aliphatic carbocycles. The maximum atomic E-state index is 13.9. The Hall–Kier alpha value is -4.14. The minimum Gasteiger partial charge on any atom is -0.480 e. The maximum absolute atomic E-state index is 13.9. The van der Waals surface area contributed by atoms with Gasteiger partial charge in [0.2, 0.25) is 0 Å². The molecule has 2 aromatic heterocycles. The normalized spacial score (nSPS) is 11.6. The SMILES string of the molecule is C.O=C(N[C@@H](Cc1ccc(F)cc1F)C(=O)O)c1ccc2nc(-c3ccncc3)[nH]c2c1. The Labute approximate surface area is 182 Å². The first kappa shape index (κ1) is 22.5. The number of pyridine rings is 1. The van der Waals surface area contributed by atoms with Crippen LogP contribution in [0.15, 0.2) is 60.9 Å². The fraction of sp³-hybridized carbons (Fsp3) is 0.130. The summed E-state index contributed by atoms with van der Waals surface area (Å²) in [6.45, 7) is 0. The highest BCUT2D eigenvalue weighted by Crippen LogP contribution is 2.21. The Kier molecular flexibility index (Phi) is 6.58. The number of hydrogen-bond acceptors (Lipinski definition) is 4. The quantitative estimate of drug-likeness (QED) is 0.422. The number of benzene rings is 2. The van der Waals surface area contributed by atoms with Gasteiger partial charge in [-0.05, 0) is 42.0 Å². The molecule has 0 saturated heterocycles. The zero-order valence-corrected chi connectivity index (χ0v) is 16.0. The van der Waals surface area contributed by atoms with Gasteiger partial charge in [-0.3, -0.25) is 9.78 Å². The molecule has 164 valence electrons. The summed E-state index contributed by atoms with van der Waals surface area (Å²) < 4.78 is 27.0. The molecule has 1 atom stereocenters. The van der Waals surface area contributed by atoms with Crippen LogP contribution in [-0.4, -0.2) is 38.0 Å². The molecule has 0 spiro atoms. The van der Waals surface area contributed by atoms with Crippen molar-refractivity contribution in [2.24, 2.45) is 0 Å². The fourth-order valence-electron chi connectivity index (χ4n) is 3.15. The minimum atomic E-state index is -1.39. The molecule has 9 heteroatoms. The molecule has 3 N–H and O–H groups in total. The van der Waals surface area contributed by atoms with E-state index < -0.39 is 29.6 Å². The van der Waals surface area contributed by atoms with Gasteiger partial charge in [-0.2, -0.15) is 0 Å². The van der Waals surface area contributed by atoms with Crippen LogP contribution in [-0.2, 0) is 11.2 Å². The number of aromatic nitrogens is 3. The smallest absolute Gasteiger partial charge is 0.326 e. The molecular weight excluding hydrogens is 418 g/mol. The standard InChI is InChI=1S/C22H16F2N4O3.CH4/c23-15-3-1-13(16(24)11-15)9-19(22(30)31)28-21(29)14-2-4-17-18(10-14)27-20(26-17)12-5-7-25-8-6-12;/h1-8,10-11,19H,9H2,(H,26,27)(H,28,29)(H,30,31);1H4/t19-;/m0./s1. The van der Waals surface area contributed by atoms with Crippen LogP contribution in [0, 0.1) is 11.6 Å². The molecule has 1 amide bonds. The highest BCUT2D eigenvalue weighted by atomic mass is 19.1. The molecule has 2 aromatic carbocycles. The molecule has 0 aliphatic rings. The molecule has 7 nitrogen and oxygen atoms in total. The number of carbonyl (C=O) groups is 2. The summed E-state index contributed by atoms with van der Waals surface area (Å²) in [6, 6.07) is 9.76. The number of H-pyrrole nitrogens is 1. The Morgan fingerprint density at radius 1 is 1.06 bits per heavy atom. The number of nitrogens with zero attached hydrogens (tertiary/aromatic N) is 2. The Bertz CT molecular complexity index is 1270. The summed E-state index contributed by atoms with van der Waals surface area (Å²) in [5.41, 5.74) is 2.25. The third-order valence-electron chi connectivity index (χ3n) is 4.74. The summed E-state index contributed by atoms with van der Waals surface area (Å²) in [6.07, 6.45) is 2.94. The van der Waals surface area contributed by atoms with Crippen molar-refractivity contribution in [2.45, 2.75) is 19.9 Å². The van der Waals surface area contributed by atoms with Crippen LogP contribution in [0.1, 0.15) is 23.3 Å². The number of imidazole rings is 1. The van der Waals surface area contributed by atoms with Gasteiger partial charge in [0.25, 0.3) is 5.91 Å². The first-order chi connectivity index (χ1) is 14.9. The maximum Gasteiger partial charge on any atom is 0.326 e. The van der Waals surface area contributed by atoms with Gasteiger partial charge in [-0.25, -0.2) is 18.6 Å². The molecular formula is C23H20F2N4O3. The number of rotatable bonds is 6. The van der Waals surface area contributed by atoms with Gasteiger partial charge >= 0.3 is 5.97 Å². The molecule has 4 aromatic rings. The lowest BCUT2D eigenvalue weighted by molar-refractivity contribution is -0.139. The van der Waals surface area contributed by atoms with Crippen LogP contribution in [0.3, 0.4) is 0 Å². The number of nitrogens with one attached hydrogen (secondary N) is 2. The Morgan fingerprint density at radius 2 is 1.81 bits per heavy atom. The van der Waals surface area contributed by atoms with E-state index in [-0.39, 0.29) is 25.0 Å². The van der Waals surface area contributed by atoms with Gasteiger partial charge in [-0.15, -0.1) is 0 Å². The van der Waals surface area contributed by atoms with E-state index in [9.17, 15) is 23.5 Å². The highest BCUT2D eigenvalue weighted by Gasteiger charge is 2.23. The molecule has 4 rings (SSSR count). The number of carbonyl (C=O) groups excluding carboxylic acids is 1. The Morgan fingerprint density at radius 3 is 2.50 bits per heavy atom. The second-order valence-corrected chi connectivity index (χ2v) is 6.86. The molecule has 32 heavy (non-hydrogen) atoms. The lowest BCUT2D eigenvalue weighted by Gasteiger charge is -2.15. The van der Waals surface area contributed by atoms with Crippen molar-refractivity contribution in [1.82, 2.24) is 20.3 Å². The summed E-state index contributed by atoms with van der Waals surface area (Å²) in [7, 11) is 0. The van der Waals surface area contributed by atoms with E-state index in [1.807, 2.05) is 0 Å². The predicted molar refractivity (Wildman–Crippen MR) is 115 cm³/mol. The Balaban J connectivity index is 0.00000289. The topological polar surface area (TPSA) is 108 Å². The number of fused-ring (bicyclic) bond motifs is 1. The summed E-state index contributed by atoms with van der Waals surface area (Å²) in [5.74, 6) is -3.01. The van der Waals surface area contributed by atoms with Gasteiger partial charge in [0, 0.05) is 36.0 Å². The largest absolute Gasteiger partial charge is 0.480 e. The number of carboxylic acids is 1. The number of carboxylic acid groups (broad SMARTS) is 1. The van der Waals surface area contributed by atoms with Gasteiger partial charge in [-0.1, -0.05) is 13.5 Å². The number of halogens is 2. The van der Waals surface area contributed by atoms with Gasteiger partial charge in [0.15, 0.2) is 0 Å². The average Bonchev–Trinajstić information content (AvgIpc) is 3.19. The van der Waals surface area contributed by atoms with Crippen molar-refractivity contribution in [3.8, 4) is 11.4 Å². The van der Waals surface area contributed by atoms with Crippen LogP contribution in [0.25, 0.3) is 22.4 Å². The third-order valence-corrected chi connectivity index (χ3v) is 4.74. The van der Waals surface area contributed by atoms with E-state index in [2.05, 4.69) is 20.3 Å². The van der Waals surface area contributed by atoms with Gasteiger partial charge in [0.1, 0.15) is 23.5 Å². The lowest BCUT2D eigenvalue weighted by Crippen LogP contribution is -2.42. The molecule has 0 bridgehead atoms. The van der Waals surface area contributed by atoms with E-state index in [0.717, 1.165) is 17.7 Å². The second kappa shape index (κ2) is 9.34. The first-order valence-electron chi connectivity index (χ1n) is 9.28. The third kappa shape index (κ3) is 4.77. The van der Waals surface area contributed by atoms with Crippen LogP contribution < -0.4 is 5.32 Å². The van der Waals surface area contributed by atoms with Crippen molar-refractivity contribution >= 4 is 22.9 Å². The van der Waals surface area contributed by atoms with Crippen molar-refractivity contribution in [2.75, 3.05) is 0 Å². The molecule has 2 heterocycles. The summed E-state index contributed by atoms with van der Waals surface area (Å²) in [4.78, 5) is 35.8. The van der Waals surface area contributed by atoms with E-state index in [4.69, 9.17) is 0 Å². The summed E-state index contributed by atoms with van der Waals surface area (Å²) >= 11 is 0. The molecule has 0 aliphatic heterocycles. The van der Waals surface area contributed by atoms with Crippen molar-refractivity contribution in [3.05, 3.63) is 83.7 Å². The van der Waals surface area contributed by atoms with Crippen molar-refractivity contribution < 1.29 is 23.5 Å². The fourth-order valence-corrected chi connectivity index (χ4v) is 3.15. The van der Waals surface area contributed by atoms with Crippen molar-refractivity contribution in [3.63, 3.8) is 0 Å². The van der Waals surface area contributed by atoms with Crippen LogP contribution in [0.2, 0.25) is 0 Å². The van der Waals surface area contributed by atoms with E-state index in [1.165, 1.54) is 6.07 Å². The molecule has 0 fully saturated rings. The van der Waals surface area contributed by atoms with E-state index in [0.29, 0.717) is 22.9 Å². The molecule has 0 saturated carbocycles. The zero-order valence-electron chi connectivity index (χ0n) is 16.0. The van der Waals surface area contributed by atoms with Gasteiger partial charge in [0.05, 0.1) is 11.0 Å². The second-order valence-electron chi connectivity index (χ2n) is 6.86. The monoisotopic (exact) mass is 438 g/mol. The zero-order chi connectivity index (χ0) is 22.0. The molecule has 0 radical (unpaired) electrons. The summed E-state index contributed by atoms with van der Waals surface area (Å²) in [5, 5.41) is 11.8. The first-order valence-corrected chi connectivity index (χ1v) is 9.28. The predicted octanol–water partition coefficient (Wildman–Crippen LogP) is 3.96. The lowest BCUT2D eigenvalue weighted by atomic mass is 10.0. The number of aromatic amines is 1. The van der Waals surface area contributed by atoms with Gasteiger partial charge < -0.3 is 15.4 Å². The number of aliphatic carboxylic acids is 1. The molecule has 0 unspecified atom stereocenters. The van der Waals surface area contributed by atoms with Crippen LogP contribution in [0.5, 0.6) is 0 Å². The highest BCUT2D eigenvalue weighted by molar-refractivity contribution is 5.99. The van der Waals surface area contributed by atoms with E-state index >= 15 is 0 Å². The van der Waals surface area contributed by atoms with Crippen LogP contribution >= 0.6 is 0 Å². The van der Waals surface area contributed by atoms with Crippen molar-refractivity contribution in [1.29, 1.82) is 0 Å².